The lowest BCUT2D eigenvalue weighted by Gasteiger charge is -2.31. The van der Waals surface area contributed by atoms with Crippen LogP contribution in [0.5, 0.6) is 0 Å². The molecule has 2 rings (SSSR count). The molecule has 5 heteroatoms. The minimum atomic E-state index is -1.10. The highest BCUT2D eigenvalue weighted by Crippen LogP contribution is 2.17. The Hall–Kier alpha value is -1.46. The minimum absolute atomic E-state index is 0.00165. The number of rotatable bonds is 4. The summed E-state index contributed by atoms with van der Waals surface area (Å²) >= 11 is 0. The van der Waals surface area contributed by atoms with Crippen LogP contribution in [-0.2, 0) is 11.3 Å². The van der Waals surface area contributed by atoms with Gasteiger partial charge in [-0.15, -0.1) is 0 Å². The number of carboxylic acid groups (broad SMARTS) is 1. The SMILES string of the molecule is COC1CCN(Cc2cc(F)cc(C(=O)O)c2)CC1. The molecule has 0 unspecified atom stereocenters. The zero-order valence-electron chi connectivity index (χ0n) is 10.9. The maximum atomic E-state index is 13.4. The second-order valence-electron chi connectivity index (χ2n) is 4.86. The fourth-order valence-corrected chi connectivity index (χ4v) is 2.43. The van der Waals surface area contributed by atoms with E-state index in [1.165, 1.54) is 12.1 Å². The molecule has 0 atom stereocenters. The lowest BCUT2D eigenvalue weighted by atomic mass is 10.1. The summed E-state index contributed by atoms with van der Waals surface area (Å²) in [4.78, 5) is 13.1. The van der Waals surface area contributed by atoms with Crippen molar-refractivity contribution < 1.29 is 19.0 Å². The lowest BCUT2D eigenvalue weighted by molar-refractivity contribution is 0.0388. The summed E-state index contributed by atoms with van der Waals surface area (Å²) in [5.74, 6) is -1.60. The summed E-state index contributed by atoms with van der Waals surface area (Å²) in [6.07, 6.45) is 2.22. The van der Waals surface area contributed by atoms with Crippen LogP contribution in [0.4, 0.5) is 4.39 Å². The molecular formula is C14H18FNO3. The first-order valence-corrected chi connectivity index (χ1v) is 6.36. The number of carbonyl (C=O) groups is 1. The largest absolute Gasteiger partial charge is 0.478 e. The molecule has 1 fully saturated rings. The predicted molar refractivity (Wildman–Crippen MR) is 68.7 cm³/mol. The molecule has 1 aromatic carbocycles. The molecule has 1 N–H and O–H groups in total. The van der Waals surface area contributed by atoms with Crippen molar-refractivity contribution in [2.75, 3.05) is 20.2 Å². The molecule has 0 radical (unpaired) electrons. The molecule has 19 heavy (non-hydrogen) atoms. The number of methoxy groups -OCH3 is 1. The van der Waals surface area contributed by atoms with Crippen molar-refractivity contribution >= 4 is 5.97 Å². The number of nitrogens with zero attached hydrogens (tertiary/aromatic N) is 1. The standard InChI is InChI=1S/C14H18FNO3/c1-19-13-2-4-16(5-3-13)9-10-6-11(14(17)18)8-12(15)7-10/h6-8,13H,2-5,9H2,1H3,(H,17,18). The number of piperidine rings is 1. The Bertz CT molecular complexity index is 456. The van der Waals surface area contributed by atoms with Crippen LogP contribution in [0.15, 0.2) is 18.2 Å². The third-order valence-electron chi connectivity index (χ3n) is 3.48. The van der Waals surface area contributed by atoms with Gasteiger partial charge in [0.2, 0.25) is 0 Å². The Labute approximate surface area is 111 Å². The minimum Gasteiger partial charge on any atom is -0.478 e. The third-order valence-corrected chi connectivity index (χ3v) is 3.48. The second kappa shape index (κ2) is 6.12. The Morgan fingerprint density at radius 1 is 1.42 bits per heavy atom. The smallest absolute Gasteiger partial charge is 0.335 e. The van der Waals surface area contributed by atoms with Crippen LogP contribution in [0.2, 0.25) is 0 Å². The van der Waals surface area contributed by atoms with E-state index in [-0.39, 0.29) is 5.56 Å². The molecule has 0 saturated carbocycles. The van der Waals surface area contributed by atoms with Gasteiger partial charge in [-0.05, 0) is 36.6 Å². The van der Waals surface area contributed by atoms with Crippen LogP contribution in [0.3, 0.4) is 0 Å². The van der Waals surface area contributed by atoms with Gasteiger partial charge in [0, 0.05) is 26.7 Å². The summed E-state index contributed by atoms with van der Waals surface area (Å²) in [6, 6.07) is 3.98. The zero-order chi connectivity index (χ0) is 13.8. The molecule has 1 aliphatic heterocycles. The quantitative estimate of drug-likeness (QED) is 0.908. The molecule has 0 aliphatic carbocycles. The van der Waals surface area contributed by atoms with E-state index in [4.69, 9.17) is 9.84 Å². The summed E-state index contributed by atoms with van der Waals surface area (Å²) < 4.78 is 18.7. The Kier molecular flexibility index (Phi) is 4.50. The predicted octanol–water partition coefficient (Wildman–Crippen LogP) is 2.13. The zero-order valence-corrected chi connectivity index (χ0v) is 10.9. The van der Waals surface area contributed by atoms with Crippen molar-refractivity contribution in [2.45, 2.75) is 25.5 Å². The van der Waals surface area contributed by atoms with E-state index in [2.05, 4.69) is 4.90 Å². The normalized spacial score (nSPS) is 17.6. The molecule has 0 aromatic heterocycles. The highest BCUT2D eigenvalue weighted by atomic mass is 19.1. The number of benzene rings is 1. The number of ether oxygens (including phenoxy) is 1. The van der Waals surface area contributed by atoms with E-state index in [0.717, 1.165) is 32.0 Å². The fraction of sp³-hybridized carbons (Fsp3) is 0.500. The molecule has 0 spiro atoms. The Morgan fingerprint density at radius 3 is 2.68 bits per heavy atom. The molecule has 1 aliphatic rings. The van der Waals surface area contributed by atoms with Crippen LogP contribution in [0.1, 0.15) is 28.8 Å². The number of aromatic carboxylic acids is 1. The molecule has 104 valence electrons. The first-order chi connectivity index (χ1) is 9.08. The van der Waals surface area contributed by atoms with Crippen molar-refractivity contribution in [1.29, 1.82) is 0 Å². The molecule has 0 amide bonds. The van der Waals surface area contributed by atoms with E-state index in [9.17, 15) is 9.18 Å². The Morgan fingerprint density at radius 2 is 2.11 bits per heavy atom. The van der Waals surface area contributed by atoms with Crippen LogP contribution < -0.4 is 0 Å². The van der Waals surface area contributed by atoms with Crippen LogP contribution in [0.25, 0.3) is 0 Å². The van der Waals surface area contributed by atoms with Crippen LogP contribution in [-0.4, -0.2) is 42.3 Å². The van der Waals surface area contributed by atoms with Gasteiger partial charge in [0.25, 0.3) is 0 Å². The average molecular weight is 267 g/mol. The molecular weight excluding hydrogens is 249 g/mol. The van der Waals surface area contributed by atoms with Crippen molar-refractivity contribution in [1.82, 2.24) is 4.90 Å². The second-order valence-corrected chi connectivity index (χ2v) is 4.86. The van der Waals surface area contributed by atoms with Gasteiger partial charge in [-0.3, -0.25) is 4.90 Å². The van der Waals surface area contributed by atoms with E-state index < -0.39 is 11.8 Å². The summed E-state index contributed by atoms with van der Waals surface area (Å²) in [7, 11) is 1.71. The third kappa shape index (κ3) is 3.75. The molecule has 1 heterocycles. The number of carboxylic acids is 1. The molecule has 1 saturated heterocycles. The Balaban J connectivity index is 2.01. The highest BCUT2D eigenvalue weighted by Gasteiger charge is 2.19. The van der Waals surface area contributed by atoms with E-state index in [1.807, 2.05) is 0 Å². The number of hydrogen-bond acceptors (Lipinski definition) is 3. The van der Waals surface area contributed by atoms with Gasteiger partial charge in [-0.2, -0.15) is 0 Å². The first-order valence-electron chi connectivity index (χ1n) is 6.36. The van der Waals surface area contributed by atoms with Gasteiger partial charge in [0.05, 0.1) is 11.7 Å². The summed E-state index contributed by atoms with van der Waals surface area (Å²) in [6.45, 7) is 2.35. The maximum absolute atomic E-state index is 13.4. The van der Waals surface area contributed by atoms with Gasteiger partial charge in [-0.1, -0.05) is 0 Å². The number of likely N-dealkylation sites (tertiary alicyclic amines) is 1. The first kappa shape index (κ1) is 14.0. The maximum Gasteiger partial charge on any atom is 0.335 e. The highest BCUT2D eigenvalue weighted by molar-refractivity contribution is 5.87. The average Bonchev–Trinajstić information content (AvgIpc) is 2.39. The van der Waals surface area contributed by atoms with Crippen molar-refractivity contribution in [3.8, 4) is 0 Å². The van der Waals surface area contributed by atoms with Crippen LogP contribution >= 0.6 is 0 Å². The van der Waals surface area contributed by atoms with E-state index in [1.54, 1.807) is 7.11 Å². The topological polar surface area (TPSA) is 49.8 Å². The van der Waals surface area contributed by atoms with Crippen LogP contribution in [0, 0.1) is 5.82 Å². The van der Waals surface area contributed by atoms with Gasteiger partial charge in [0.15, 0.2) is 0 Å². The molecule has 4 nitrogen and oxygen atoms in total. The fourth-order valence-electron chi connectivity index (χ4n) is 2.43. The lowest BCUT2D eigenvalue weighted by Crippen LogP contribution is -2.36. The summed E-state index contributed by atoms with van der Waals surface area (Å²) in [5, 5.41) is 8.91. The van der Waals surface area contributed by atoms with Crippen molar-refractivity contribution in [3.05, 3.63) is 35.1 Å². The van der Waals surface area contributed by atoms with Crippen molar-refractivity contribution in [3.63, 3.8) is 0 Å². The van der Waals surface area contributed by atoms with Crippen molar-refractivity contribution in [2.24, 2.45) is 0 Å². The van der Waals surface area contributed by atoms with Gasteiger partial charge >= 0.3 is 5.97 Å². The number of hydrogen-bond donors (Lipinski definition) is 1. The molecule has 1 aromatic rings. The van der Waals surface area contributed by atoms with E-state index in [0.29, 0.717) is 18.2 Å². The monoisotopic (exact) mass is 267 g/mol. The van der Waals surface area contributed by atoms with E-state index >= 15 is 0 Å². The summed E-state index contributed by atoms with van der Waals surface area (Å²) in [5.41, 5.74) is 0.704. The molecule has 0 bridgehead atoms. The van der Waals surface area contributed by atoms with Gasteiger partial charge in [-0.25, -0.2) is 9.18 Å². The van der Waals surface area contributed by atoms with Gasteiger partial charge in [0.1, 0.15) is 5.82 Å². The number of halogens is 1. The van der Waals surface area contributed by atoms with Gasteiger partial charge < -0.3 is 9.84 Å².